The Morgan fingerprint density at radius 1 is 1.09 bits per heavy atom. The summed E-state index contributed by atoms with van der Waals surface area (Å²) >= 11 is -0.229. The first-order valence-corrected chi connectivity index (χ1v) is 11.1. The van der Waals surface area contributed by atoms with Gasteiger partial charge in [-0.15, -0.1) is 0 Å². The zero-order chi connectivity index (χ0) is 22.9. The highest BCUT2D eigenvalue weighted by molar-refractivity contribution is 8.00. The fourth-order valence-electron chi connectivity index (χ4n) is 3.89. The van der Waals surface area contributed by atoms with Crippen LogP contribution in [-0.2, 0) is 6.54 Å². The van der Waals surface area contributed by atoms with Gasteiger partial charge in [0.05, 0.1) is 17.9 Å². The van der Waals surface area contributed by atoms with Crippen LogP contribution in [0.3, 0.4) is 0 Å². The Kier molecular flexibility index (Phi) is 6.23. The van der Waals surface area contributed by atoms with Gasteiger partial charge >= 0.3 is 11.2 Å². The maximum atomic E-state index is 13.1. The SMILES string of the molecule is Cc1c(O)n(-c2ccc(SC(F)(F)F)cc2)c(=O)n1Cc1ccnc(N2CCCCC2)c1. The molecule has 2 aromatic heterocycles. The Morgan fingerprint density at radius 3 is 2.44 bits per heavy atom. The van der Waals surface area contributed by atoms with Gasteiger partial charge in [0.15, 0.2) is 0 Å². The van der Waals surface area contributed by atoms with Crippen LogP contribution in [0.5, 0.6) is 5.88 Å². The van der Waals surface area contributed by atoms with E-state index < -0.39 is 11.2 Å². The summed E-state index contributed by atoms with van der Waals surface area (Å²) < 4.78 is 40.2. The second-order valence-corrected chi connectivity index (χ2v) is 8.86. The van der Waals surface area contributed by atoms with Crippen molar-refractivity contribution in [2.45, 2.75) is 43.1 Å². The average molecular weight is 465 g/mol. The number of thioether (sulfide) groups is 1. The molecule has 170 valence electrons. The molecule has 0 unspecified atom stereocenters. The van der Waals surface area contributed by atoms with Crippen LogP contribution in [0, 0.1) is 6.92 Å². The Hall–Kier alpha value is -2.88. The summed E-state index contributed by atoms with van der Waals surface area (Å²) in [6.45, 7) is 3.79. The standard InChI is InChI=1S/C22H23F3N4O2S/c1-15-20(30)29(17-5-7-18(8-6-17)32-22(23,24)25)21(31)28(15)14-16-9-10-26-19(13-16)27-11-3-2-4-12-27/h5-10,13,30H,2-4,11-12,14H2,1H3. The molecule has 1 saturated heterocycles. The summed E-state index contributed by atoms with van der Waals surface area (Å²) in [5.41, 5.74) is -3.31. The molecule has 1 N–H and O–H groups in total. The van der Waals surface area contributed by atoms with Crippen LogP contribution in [0.25, 0.3) is 5.69 Å². The van der Waals surface area contributed by atoms with Gasteiger partial charge in [-0.2, -0.15) is 13.2 Å². The molecule has 1 fully saturated rings. The van der Waals surface area contributed by atoms with Crippen LogP contribution >= 0.6 is 11.8 Å². The van der Waals surface area contributed by atoms with E-state index in [1.807, 2.05) is 12.1 Å². The number of rotatable bonds is 5. The van der Waals surface area contributed by atoms with Gasteiger partial charge in [0.1, 0.15) is 5.82 Å². The second kappa shape index (κ2) is 8.93. The molecule has 6 nitrogen and oxygen atoms in total. The van der Waals surface area contributed by atoms with Crippen LogP contribution in [0.2, 0.25) is 0 Å². The van der Waals surface area contributed by atoms with Gasteiger partial charge in [-0.3, -0.25) is 4.57 Å². The van der Waals surface area contributed by atoms with Crippen molar-refractivity contribution < 1.29 is 18.3 Å². The van der Waals surface area contributed by atoms with Crippen molar-refractivity contribution in [3.05, 3.63) is 64.3 Å². The van der Waals surface area contributed by atoms with Crippen LogP contribution < -0.4 is 10.6 Å². The van der Waals surface area contributed by atoms with E-state index in [0.29, 0.717) is 11.4 Å². The summed E-state index contributed by atoms with van der Waals surface area (Å²) in [5, 5.41) is 10.6. The maximum absolute atomic E-state index is 13.1. The summed E-state index contributed by atoms with van der Waals surface area (Å²) in [6.07, 6.45) is 5.18. The van der Waals surface area contributed by atoms with E-state index in [0.717, 1.165) is 41.9 Å². The van der Waals surface area contributed by atoms with E-state index in [4.69, 9.17) is 0 Å². The summed E-state index contributed by atoms with van der Waals surface area (Å²) in [5.74, 6) is 0.630. The minimum Gasteiger partial charge on any atom is -0.493 e. The molecule has 0 aliphatic carbocycles. The first kappa shape index (κ1) is 22.3. The Bertz CT molecular complexity index is 1150. The van der Waals surface area contributed by atoms with Crippen LogP contribution in [0.15, 0.2) is 52.3 Å². The van der Waals surface area contributed by atoms with E-state index in [2.05, 4.69) is 9.88 Å². The second-order valence-electron chi connectivity index (χ2n) is 7.72. The van der Waals surface area contributed by atoms with Gasteiger partial charge in [-0.05, 0) is 79.9 Å². The molecular weight excluding hydrogens is 441 g/mol. The normalized spacial score (nSPS) is 14.7. The average Bonchev–Trinajstić information content (AvgIpc) is 2.97. The first-order valence-electron chi connectivity index (χ1n) is 10.3. The van der Waals surface area contributed by atoms with Gasteiger partial charge < -0.3 is 10.0 Å². The lowest BCUT2D eigenvalue weighted by Gasteiger charge is -2.27. The van der Waals surface area contributed by atoms with Crippen LogP contribution in [0.1, 0.15) is 30.5 Å². The predicted octanol–water partition coefficient (Wildman–Crippen LogP) is 4.70. The van der Waals surface area contributed by atoms with Gasteiger partial charge in [0.2, 0.25) is 5.88 Å². The number of piperidine rings is 1. The first-order chi connectivity index (χ1) is 15.2. The highest BCUT2D eigenvalue weighted by Gasteiger charge is 2.29. The number of halogens is 3. The molecule has 10 heteroatoms. The minimum atomic E-state index is -4.39. The van der Waals surface area contributed by atoms with Crippen molar-refractivity contribution in [3.8, 4) is 11.6 Å². The molecule has 1 aromatic carbocycles. The van der Waals surface area contributed by atoms with Crippen molar-refractivity contribution in [2.75, 3.05) is 18.0 Å². The van der Waals surface area contributed by atoms with Gasteiger partial charge in [-0.1, -0.05) is 0 Å². The van der Waals surface area contributed by atoms with E-state index in [1.165, 1.54) is 35.3 Å². The van der Waals surface area contributed by atoms with E-state index >= 15 is 0 Å². The monoisotopic (exact) mass is 464 g/mol. The molecule has 3 heterocycles. The van der Waals surface area contributed by atoms with E-state index in [-0.39, 0.29) is 29.1 Å². The molecule has 1 aliphatic heterocycles. The third-order valence-electron chi connectivity index (χ3n) is 5.52. The molecule has 4 rings (SSSR count). The Balaban J connectivity index is 1.61. The molecule has 0 spiro atoms. The third-order valence-corrected chi connectivity index (χ3v) is 6.26. The fraction of sp³-hybridized carbons (Fsp3) is 0.364. The zero-order valence-electron chi connectivity index (χ0n) is 17.5. The molecule has 0 amide bonds. The molecule has 0 radical (unpaired) electrons. The van der Waals surface area contributed by atoms with Gasteiger partial charge in [0, 0.05) is 24.2 Å². The van der Waals surface area contributed by atoms with Crippen LogP contribution in [-0.4, -0.2) is 37.8 Å². The van der Waals surface area contributed by atoms with E-state index in [9.17, 15) is 23.1 Å². The zero-order valence-corrected chi connectivity index (χ0v) is 18.3. The number of benzene rings is 1. The van der Waals surface area contributed by atoms with Crippen molar-refractivity contribution in [2.24, 2.45) is 0 Å². The number of nitrogens with zero attached hydrogens (tertiary/aromatic N) is 4. The number of imidazole rings is 1. The van der Waals surface area contributed by atoms with Gasteiger partial charge in [0.25, 0.3) is 0 Å². The Labute approximate surface area is 187 Å². The molecule has 3 aromatic rings. The number of hydrogen-bond acceptors (Lipinski definition) is 5. The van der Waals surface area contributed by atoms with Crippen molar-refractivity contribution in [1.82, 2.24) is 14.1 Å². The summed E-state index contributed by atoms with van der Waals surface area (Å²) in [4.78, 5) is 19.8. The summed E-state index contributed by atoms with van der Waals surface area (Å²) in [6, 6.07) is 9.12. The van der Waals surface area contributed by atoms with Gasteiger partial charge in [-0.25, -0.2) is 14.3 Å². The van der Waals surface area contributed by atoms with Crippen molar-refractivity contribution >= 4 is 17.6 Å². The third kappa shape index (κ3) is 4.79. The number of aromatic hydroxyl groups is 1. The highest BCUT2D eigenvalue weighted by Crippen LogP contribution is 2.37. The van der Waals surface area contributed by atoms with Crippen molar-refractivity contribution in [1.29, 1.82) is 0 Å². The molecular formula is C22H23F3N4O2S. The number of pyridine rings is 1. The molecule has 32 heavy (non-hydrogen) atoms. The topological polar surface area (TPSA) is 63.3 Å². The van der Waals surface area contributed by atoms with Crippen molar-refractivity contribution in [3.63, 3.8) is 0 Å². The Morgan fingerprint density at radius 2 is 1.78 bits per heavy atom. The lowest BCUT2D eigenvalue weighted by molar-refractivity contribution is -0.0328. The largest absolute Gasteiger partial charge is 0.493 e. The predicted molar refractivity (Wildman–Crippen MR) is 118 cm³/mol. The number of aromatic nitrogens is 3. The quantitative estimate of drug-likeness (QED) is 0.555. The minimum absolute atomic E-state index is 0.00645. The molecule has 1 aliphatic rings. The number of hydrogen-bond donors (Lipinski definition) is 1. The highest BCUT2D eigenvalue weighted by atomic mass is 32.2. The lowest BCUT2D eigenvalue weighted by atomic mass is 10.1. The fourth-order valence-corrected chi connectivity index (χ4v) is 4.43. The lowest BCUT2D eigenvalue weighted by Crippen LogP contribution is -2.30. The molecule has 0 saturated carbocycles. The molecule has 0 bridgehead atoms. The molecule has 0 atom stereocenters. The van der Waals surface area contributed by atoms with E-state index in [1.54, 1.807) is 13.1 Å². The summed E-state index contributed by atoms with van der Waals surface area (Å²) in [7, 11) is 0. The smallest absolute Gasteiger partial charge is 0.446 e. The maximum Gasteiger partial charge on any atom is 0.446 e. The van der Waals surface area contributed by atoms with Crippen LogP contribution in [0.4, 0.5) is 19.0 Å². The number of alkyl halides is 3. The number of anilines is 1.